The third-order valence-corrected chi connectivity index (χ3v) is 8.59. The van der Waals surface area contributed by atoms with Crippen LogP contribution in [0, 0.1) is 16.7 Å². The number of hydrogen-bond donors (Lipinski definition) is 2. The summed E-state index contributed by atoms with van der Waals surface area (Å²) in [5.41, 5.74) is 2.39. The van der Waals surface area contributed by atoms with Gasteiger partial charge in [0.15, 0.2) is 0 Å². The summed E-state index contributed by atoms with van der Waals surface area (Å²) < 4.78 is 10.7. The van der Waals surface area contributed by atoms with Gasteiger partial charge in [0.2, 0.25) is 0 Å². The van der Waals surface area contributed by atoms with Gasteiger partial charge in [0.05, 0.1) is 11.5 Å². The molecule has 0 spiro atoms. The van der Waals surface area contributed by atoms with Crippen molar-refractivity contribution in [3.05, 3.63) is 52.6 Å². The lowest BCUT2D eigenvalue weighted by molar-refractivity contribution is -0.149. The van der Waals surface area contributed by atoms with Crippen LogP contribution in [-0.2, 0) is 30.3 Å². The van der Waals surface area contributed by atoms with E-state index in [1.165, 1.54) is 0 Å². The number of phenolic OH excluding ortho intramolecular Hbond substituents is 1. The first-order valence-corrected chi connectivity index (χ1v) is 12.8. The first kappa shape index (κ1) is 26.1. The number of aryl methyl sites for hydroxylation is 1. The standard InChI is InChI=1S/C29H36O7/c1-18-14-23(31)27-22(28(18,2)13-12-20-15-26(34)35-16-20)9-10-24(32)29(27,3)17-36-25(33)11-6-19-4-7-21(30)8-5-19/h4-5,7-8,15,18,23,30-31H,6,9-14,16-17H2,1-3H3/t18-,23-,28+,29-/m0/s1. The zero-order chi connectivity index (χ0) is 26.1. The van der Waals surface area contributed by atoms with Crippen molar-refractivity contribution >= 4 is 17.7 Å². The van der Waals surface area contributed by atoms with E-state index in [1.807, 2.05) is 0 Å². The van der Waals surface area contributed by atoms with Gasteiger partial charge in [-0.3, -0.25) is 9.59 Å². The molecule has 0 saturated carbocycles. The van der Waals surface area contributed by atoms with E-state index < -0.39 is 17.5 Å². The van der Waals surface area contributed by atoms with Crippen molar-refractivity contribution in [3.8, 4) is 5.75 Å². The van der Waals surface area contributed by atoms with Crippen LogP contribution in [0.4, 0.5) is 0 Å². The van der Waals surface area contributed by atoms with Crippen LogP contribution in [0.25, 0.3) is 0 Å². The number of Topliss-reactive ketones (excluding diaryl/α,β-unsaturated/α-hetero) is 1. The number of allylic oxidation sites excluding steroid dienone is 1. The van der Waals surface area contributed by atoms with Crippen molar-refractivity contribution < 1.29 is 34.1 Å². The van der Waals surface area contributed by atoms with Gasteiger partial charge in [-0.05, 0) is 79.2 Å². The zero-order valence-electron chi connectivity index (χ0n) is 21.3. The monoisotopic (exact) mass is 496 g/mol. The maximum Gasteiger partial charge on any atom is 0.331 e. The number of carbonyl (C=O) groups excluding carboxylic acids is 3. The number of hydrogen-bond acceptors (Lipinski definition) is 7. The summed E-state index contributed by atoms with van der Waals surface area (Å²) in [6.45, 7) is 6.36. The molecule has 2 aliphatic carbocycles. The maximum absolute atomic E-state index is 13.2. The van der Waals surface area contributed by atoms with Crippen molar-refractivity contribution in [2.45, 2.75) is 71.8 Å². The molecule has 4 atom stereocenters. The molecule has 2 N–H and O–H groups in total. The molecule has 1 aliphatic heterocycles. The lowest BCUT2D eigenvalue weighted by Crippen LogP contribution is -2.49. The van der Waals surface area contributed by atoms with Gasteiger partial charge in [0.25, 0.3) is 0 Å². The van der Waals surface area contributed by atoms with Gasteiger partial charge in [-0.2, -0.15) is 0 Å². The quantitative estimate of drug-likeness (QED) is 0.410. The summed E-state index contributed by atoms with van der Waals surface area (Å²) in [5.74, 6) is -0.353. The first-order chi connectivity index (χ1) is 17.0. The van der Waals surface area contributed by atoms with Crippen molar-refractivity contribution in [1.29, 1.82) is 0 Å². The molecule has 0 bridgehead atoms. The van der Waals surface area contributed by atoms with E-state index in [-0.39, 0.29) is 41.9 Å². The van der Waals surface area contributed by atoms with Crippen LogP contribution in [0.15, 0.2) is 47.1 Å². The minimum atomic E-state index is -1.06. The van der Waals surface area contributed by atoms with Crippen molar-refractivity contribution in [3.63, 3.8) is 0 Å². The predicted octanol–water partition coefficient (Wildman–Crippen LogP) is 4.20. The normalized spacial score (nSPS) is 30.1. The van der Waals surface area contributed by atoms with E-state index in [0.717, 1.165) is 35.1 Å². The molecule has 36 heavy (non-hydrogen) atoms. The van der Waals surface area contributed by atoms with E-state index in [9.17, 15) is 24.6 Å². The Morgan fingerprint density at radius 3 is 2.53 bits per heavy atom. The second-order valence-corrected chi connectivity index (χ2v) is 11.0. The highest BCUT2D eigenvalue weighted by Crippen LogP contribution is 2.56. The molecule has 0 fully saturated rings. The molecule has 0 unspecified atom stereocenters. The van der Waals surface area contributed by atoms with Gasteiger partial charge in [-0.25, -0.2) is 4.79 Å². The number of phenols is 1. The Balaban J connectivity index is 1.51. The average Bonchev–Trinajstić information content (AvgIpc) is 3.26. The average molecular weight is 497 g/mol. The number of carbonyl (C=O) groups is 3. The molecular weight excluding hydrogens is 460 g/mol. The number of aliphatic hydroxyl groups excluding tert-OH is 1. The lowest BCUT2D eigenvalue weighted by Gasteiger charge is -2.51. The van der Waals surface area contributed by atoms with Crippen LogP contribution in [0.2, 0.25) is 0 Å². The van der Waals surface area contributed by atoms with E-state index in [0.29, 0.717) is 32.3 Å². The number of cyclic esters (lactones) is 1. The zero-order valence-corrected chi connectivity index (χ0v) is 21.3. The molecular formula is C29H36O7. The van der Waals surface area contributed by atoms with Crippen LogP contribution >= 0.6 is 0 Å². The SMILES string of the molecule is C[C@H]1C[C@H](O)C2=C(CCC(=O)[C@]2(C)COC(=O)CCc2ccc(O)cc2)[C@]1(C)CCC1=CC(=O)OC1. The fourth-order valence-corrected chi connectivity index (χ4v) is 6.04. The maximum atomic E-state index is 13.2. The van der Waals surface area contributed by atoms with Gasteiger partial charge >= 0.3 is 11.9 Å². The molecule has 0 amide bonds. The molecule has 1 aromatic rings. The largest absolute Gasteiger partial charge is 0.508 e. The van der Waals surface area contributed by atoms with Gasteiger partial charge in [-0.15, -0.1) is 0 Å². The van der Waals surface area contributed by atoms with Crippen LogP contribution in [-0.4, -0.2) is 47.3 Å². The Morgan fingerprint density at radius 2 is 1.86 bits per heavy atom. The number of esters is 2. The summed E-state index contributed by atoms with van der Waals surface area (Å²) >= 11 is 0. The second kappa shape index (κ2) is 10.2. The van der Waals surface area contributed by atoms with Crippen LogP contribution in [0.3, 0.4) is 0 Å². The Labute approximate surface area is 212 Å². The van der Waals surface area contributed by atoms with E-state index in [2.05, 4.69) is 13.8 Å². The molecule has 1 aromatic carbocycles. The van der Waals surface area contributed by atoms with Crippen LogP contribution in [0.5, 0.6) is 5.75 Å². The predicted molar refractivity (Wildman–Crippen MR) is 133 cm³/mol. The third kappa shape index (κ3) is 5.12. The smallest absolute Gasteiger partial charge is 0.331 e. The van der Waals surface area contributed by atoms with Crippen LogP contribution in [0.1, 0.15) is 64.9 Å². The number of aliphatic hydroxyl groups is 1. The molecule has 0 aromatic heterocycles. The molecule has 0 radical (unpaired) electrons. The summed E-state index contributed by atoms with van der Waals surface area (Å²) in [5, 5.41) is 20.6. The molecule has 4 rings (SSSR count). The van der Waals surface area contributed by atoms with Crippen LogP contribution < -0.4 is 0 Å². The van der Waals surface area contributed by atoms with Crippen molar-refractivity contribution in [1.82, 2.24) is 0 Å². The third-order valence-electron chi connectivity index (χ3n) is 8.59. The van der Waals surface area contributed by atoms with E-state index in [4.69, 9.17) is 9.47 Å². The highest BCUT2D eigenvalue weighted by atomic mass is 16.5. The first-order valence-electron chi connectivity index (χ1n) is 12.8. The molecule has 7 heteroatoms. The number of rotatable bonds is 8. The van der Waals surface area contributed by atoms with Gasteiger partial charge in [0.1, 0.15) is 24.7 Å². The summed E-state index contributed by atoms with van der Waals surface area (Å²) in [6, 6.07) is 6.67. The molecule has 194 valence electrons. The van der Waals surface area contributed by atoms with Gasteiger partial charge in [0, 0.05) is 18.9 Å². The topological polar surface area (TPSA) is 110 Å². The minimum Gasteiger partial charge on any atom is -0.508 e. The molecule has 7 nitrogen and oxygen atoms in total. The molecule has 0 saturated heterocycles. The molecule has 3 aliphatic rings. The lowest BCUT2D eigenvalue weighted by atomic mass is 9.54. The highest BCUT2D eigenvalue weighted by molar-refractivity contribution is 5.90. The minimum absolute atomic E-state index is 0.0129. The Morgan fingerprint density at radius 1 is 1.14 bits per heavy atom. The second-order valence-electron chi connectivity index (χ2n) is 11.0. The Hall–Kier alpha value is -2.93. The molecule has 1 heterocycles. The van der Waals surface area contributed by atoms with Crippen molar-refractivity contribution in [2.24, 2.45) is 16.7 Å². The fraction of sp³-hybridized carbons (Fsp3) is 0.552. The number of ketones is 1. The van der Waals surface area contributed by atoms with E-state index >= 15 is 0 Å². The van der Waals surface area contributed by atoms with Gasteiger partial charge in [-0.1, -0.05) is 31.6 Å². The number of aromatic hydroxyl groups is 1. The van der Waals surface area contributed by atoms with E-state index in [1.54, 1.807) is 37.3 Å². The van der Waals surface area contributed by atoms with Crippen molar-refractivity contribution in [2.75, 3.05) is 13.2 Å². The summed E-state index contributed by atoms with van der Waals surface area (Å²) in [4.78, 5) is 37.3. The number of ether oxygens (including phenoxy) is 2. The fourth-order valence-electron chi connectivity index (χ4n) is 6.04. The number of benzene rings is 1. The Kier molecular flexibility index (Phi) is 7.41. The summed E-state index contributed by atoms with van der Waals surface area (Å²) in [6.07, 6.45) is 4.41. The summed E-state index contributed by atoms with van der Waals surface area (Å²) in [7, 11) is 0. The Bertz CT molecular complexity index is 1100. The highest BCUT2D eigenvalue weighted by Gasteiger charge is 2.52. The van der Waals surface area contributed by atoms with Gasteiger partial charge < -0.3 is 19.7 Å².